The number of nitrogens with zero attached hydrogens (tertiary/aromatic N) is 3. The van der Waals surface area contributed by atoms with Crippen LogP contribution in [0.4, 0.5) is 10.5 Å². The van der Waals surface area contributed by atoms with Gasteiger partial charge in [-0.1, -0.05) is 18.2 Å². The van der Waals surface area contributed by atoms with E-state index in [0.29, 0.717) is 26.2 Å². The maximum Gasteiger partial charge on any atom is 0.410 e. The first kappa shape index (κ1) is 16.8. The molecule has 2 heterocycles. The summed E-state index contributed by atoms with van der Waals surface area (Å²) in [6.45, 7) is 8.78. The van der Waals surface area contributed by atoms with Crippen molar-refractivity contribution in [3.05, 3.63) is 30.3 Å². The second-order valence-corrected chi connectivity index (χ2v) is 7.39. The minimum absolute atomic E-state index is 0.114. The summed E-state index contributed by atoms with van der Waals surface area (Å²) in [6, 6.07) is 10.0. The van der Waals surface area contributed by atoms with Crippen molar-refractivity contribution in [2.24, 2.45) is 0 Å². The highest BCUT2D eigenvalue weighted by Crippen LogP contribution is 2.22. The maximum atomic E-state index is 12.4. The van der Waals surface area contributed by atoms with Crippen molar-refractivity contribution < 1.29 is 14.3 Å². The highest BCUT2D eigenvalue weighted by Gasteiger charge is 2.39. The molecule has 0 bridgehead atoms. The Labute approximate surface area is 143 Å². The monoisotopic (exact) mass is 331 g/mol. The zero-order valence-electron chi connectivity index (χ0n) is 14.6. The summed E-state index contributed by atoms with van der Waals surface area (Å²) < 4.78 is 5.37. The zero-order chi connectivity index (χ0) is 17.3. The normalized spacial score (nSPS) is 20.0. The Morgan fingerprint density at radius 2 is 1.79 bits per heavy atom. The lowest BCUT2D eigenvalue weighted by atomic mass is 10.1. The molecular formula is C18H25N3O3. The van der Waals surface area contributed by atoms with Crippen LogP contribution >= 0.6 is 0 Å². The number of carbonyl (C=O) groups is 2. The highest BCUT2D eigenvalue weighted by molar-refractivity contribution is 5.95. The van der Waals surface area contributed by atoms with Crippen LogP contribution in [0.2, 0.25) is 0 Å². The number of carbonyl (C=O) groups excluding carboxylic acids is 2. The number of amides is 2. The van der Waals surface area contributed by atoms with E-state index in [1.807, 2.05) is 56.0 Å². The molecule has 3 rings (SSSR count). The number of rotatable bonds is 2. The lowest BCUT2D eigenvalue weighted by Crippen LogP contribution is -2.65. The molecule has 24 heavy (non-hydrogen) atoms. The SMILES string of the molecule is CC(C)(C)OC(=O)N1CC(N2CCN(c3ccccc3)C(=O)C2)C1. The lowest BCUT2D eigenvalue weighted by Gasteiger charge is -2.47. The highest BCUT2D eigenvalue weighted by atomic mass is 16.6. The largest absolute Gasteiger partial charge is 0.444 e. The zero-order valence-corrected chi connectivity index (χ0v) is 14.6. The summed E-state index contributed by atoms with van der Waals surface area (Å²) in [7, 11) is 0. The average Bonchev–Trinajstić information content (AvgIpc) is 2.45. The molecule has 1 aromatic carbocycles. The summed E-state index contributed by atoms with van der Waals surface area (Å²) in [4.78, 5) is 30.1. The van der Waals surface area contributed by atoms with Crippen LogP contribution in [0.15, 0.2) is 30.3 Å². The van der Waals surface area contributed by atoms with Gasteiger partial charge in [0.05, 0.1) is 6.54 Å². The molecule has 6 nitrogen and oxygen atoms in total. The van der Waals surface area contributed by atoms with Crippen molar-refractivity contribution in [1.82, 2.24) is 9.80 Å². The van der Waals surface area contributed by atoms with Gasteiger partial charge in [-0.3, -0.25) is 9.69 Å². The van der Waals surface area contributed by atoms with Crippen LogP contribution in [-0.2, 0) is 9.53 Å². The Balaban J connectivity index is 1.50. The van der Waals surface area contributed by atoms with Gasteiger partial charge < -0.3 is 14.5 Å². The molecule has 0 radical (unpaired) electrons. The van der Waals surface area contributed by atoms with Crippen LogP contribution in [0.5, 0.6) is 0 Å². The molecule has 0 N–H and O–H groups in total. The lowest BCUT2D eigenvalue weighted by molar-refractivity contribution is -0.123. The second-order valence-electron chi connectivity index (χ2n) is 7.39. The quantitative estimate of drug-likeness (QED) is 0.831. The Bertz CT molecular complexity index is 606. The molecule has 0 aromatic heterocycles. The van der Waals surface area contributed by atoms with Crippen LogP contribution < -0.4 is 4.90 Å². The van der Waals surface area contributed by atoms with E-state index in [2.05, 4.69) is 4.90 Å². The van der Waals surface area contributed by atoms with E-state index >= 15 is 0 Å². The van der Waals surface area contributed by atoms with Gasteiger partial charge >= 0.3 is 6.09 Å². The van der Waals surface area contributed by atoms with Crippen molar-refractivity contribution in [3.63, 3.8) is 0 Å². The van der Waals surface area contributed by atoms with Crippen LogP contribution in [0, 0.1) is 0 Å². The first-order chi connectivity index (χ1) is 11.3. The molecule has 2 fully saturated rings. The predicted molar refractivity (Wildman–Crippen MR) is 92.0 cm³/mol. The number of piperazine rings is 1. The molecular weight excluding hydrogens is 306 g/mol. The molecule has 130 valence electrons. The summed E-state index contributed by atoms with van der Waals surface area (Å²) in [6.07, 6.45) is -0.270. The topological polar surface area (TPSA) is 53.1 Å². The summed E-state index contributed by atoms with van der Waals surface area (Å²) in [5.41, 5.74) is 0.477. The molecule has 0 unspecified atom stereocenters. The number of hydrogen-bond acceptors (Lipinski definition) is 4. The Morgan fingerprint density at radius 1 is 1.12 bits per heavy atom. The van der Waals surface area contributed by atoms with Gasteiger partial charge in [0.2, 0.25) is 5.91 Å². The summed E-state index contributed by atoms with van der Waals surface area (Å²) in [5, 5.41) is 0. The van der Waals surface area contributed by atoms with E-state index in [-0.39, 0.29) is 18.0 Å². The van der Waals surface area contributed by atoms with Gasteiger partial charge in [0.15, 0.2) is 0 Å². The number of hydrogen-bond donors (Lipinski definition) is 0. The first-order valence-electron chi connectivity index (χ1n) is 8.41. The summed E-state index contributed by atoms with van der Waals surface area (Å²) >= 11 is 0. The Morgan fingerprint density at radius 3 is 2.38 bits per heavy atom. The number of para-hydroxylation sites is 1. The molecule has 2 aliphatic rings. The molecule has 1 aromatic rings. The standard InChI is InChI=1S/C18H25N3O3/c1-18(2,3)24-17(23)20-11-15(12-20)19-9-10-21(16(22)13-19)14-7-5-4-6-8-14/h4-8,15H,9-13H2,1-3H3. The third-order valence-electron chi connectivity index (χ3n) is 4.35. The molecule has 0 saturated carbocycles. The maximum absolute atomic E-state index is 12.4. The third-order valence-corrected chi connectivity index (χ3v) is 4.35. The molecule has 2 amide bonds. The van der Waals surface area contributed by atoms with Crippen molar-refractivity contribution in [2.45, 2.75) is 32.4 Å². The van der Waals surface area contributed by atoms with E-state index in [4.69, 9.17) is 4.74 Å². The minimum Gasteiger partial charge on any atom is -0.444 e. The molecule has 2 saturated heterocycles. The van der Waals surface area contributed by atoms with Gasteiger partial charge in [-0.2, -0.15) is 0 Å². The van der Waals surface area contributed by atoms with E-state index in [1.165, 1.54) is 0 Å². The molecule has 0 spiro atoms. The van der Waals surface area contributed by atoms with Crippen molar-refractivity contribution in [2.75, 3.05) is 37.6 Å². The summed E-state index contributed by atoms with van der Waals surface area (Å²) in [5.74, 6) is 0.114. The predicted octanol–water partition coefficient (Wildman–Crippen LogP) is 1.95. The van der Waals surface area contributed by atoms with E-state index < -0.39 is 5.60 Å². The third kappa shape index (κ3) is 3.70. The number of benzene rings is 1. The number of ether oxygens (including phenoxy) is 1. The average molecular weight is 331 g/mol. The molecule has 0 aliphatic carbocycles. The van der Waals surface area contributed by atoms with E-state index in [1.54, 1.807) is 4.90 Å². The van der Waals surface area contributed by atoms with Crippen LogP contribution in [0.3, 0.4) is 0 Å². The van der Waals surface area contributed by atoms with E-state index in [9.17, 15) is 9.59 Å². The first-order valence-corrected chi connectivity index (χ1v) is 8.41. The molecule has 0 atom stereocenters. The van der Waals surface area contributed by atoms with Gasteiger partial charge in [0, 0.05) is 37.9 Å². The smallest absolute Gasteiger partial charge is 0.410 e. The van der Waals surface area contributed by atoms with Crippen LogP contribution in [0.1, 0.15) is 20.8 Å². The fourth-order valence-corrected chi connectivity index (χ4v) is 3.05. The van der Waals surface area contributed by atoms with Crippen molar-refractivity contribution in [1.29, 1.82) is 0 Å². The Kier molecular flexibility index (Phi) is 4.49. The number of anilines is 1. The van der Waals surface area contributed by atoms with Gasteiger partial charge in [-0.25, -0.2) is 4.79 Å². The fraction of sp³-hybridized carbons (Fsp3) is 0.556. The molecule has 2 aliphatic heterocycles. The van der Waals surface area contributed by atoms with Crippen LogP contribution in [0.25, 0.3) is 0 Å². The number of likely N-dealkylation sites (tertiary alicyclic amines) is 1. The van der Waals surface area contributed by atoms with Gasteiger partial charge in [0.1, 0.15) is 5.60 Å². The van der Waals surface area contributed by atoms with E-state index in [0.717, 1.165) is 12.2 Å². The minimum atomic E-state index is -0.473. The fourth-order valence-electron chi connectivity index (χ4n) is 3.05. The second kappa shape index (κ2) is 6.43. The van der Waals surface area contributed by atoms with Gasteiger partial charge in [-0.15, -0.1) is 0 Å². The Hall–Kier alpha value is -2.08. The molecule has 6 heteroatoms. The van der Waals surface area contributed by atoms with Crippen LogP contribution in [-0.4, -0.2) is 66.2 Å². The van der Waals surface area contributed by atoms with Crippen molar-refractivity contribution >= 4 is 17.7 Å². The van der Waals surface area contributed by atoms with Crippen molar-refractivity contribution in [3.8, 4) is 0 Å². The van der Waals surface area contributed by atoms with Gasteiger partial charge in [-0.05, 0) is 32.9 Å². The van der Waals surface area contributed by atoms with Gasteiger partial charge in [0.25, 0.3) is 0 Å².